The molecule has 4 heteroatoms. The highest BCUT2D eigenvalue weighted by Crippen LogP contribution is 2.35. The number of aryl methyl sites for hydroxylation is 1. The Kier molecular flexibility index (Phi) is 5.27. The normalized spacial score (nSPS) is 22.6. The lowest BCUT2D eigenvalue weighted by Crippen LogP contribution is -2.41. The van der Waals surface area contributed by atoms with Gasteiger partial charge in [-0.05, 0) is 36.3 Å². The van der Waals surface area contributed by atoms with Crippen LogP contribution in [0.5, 0.6) is 0 Å². The monoisotopic (exact) mass is 388 g/mol. The molecular formula is C25H28N2O2. The van der Waals surface area contributed by atoms with E-state index in [-0.39, 0.29) is 11.8 Å². The Morgan fingerprint density at radius 3 is 2.10 bits per heavy atom. The highest BCUT2D eigenvalue weighted by atomic mass is 16.2. The molecule has 2 aliphatic heterocycles. The molecule has 0 N–H and O–H groups in total. The largest absolute Gasteiger partial charge is 0.366 e. The Bertz CT molecular complexity index is 937. The van der Waals surface area contributed by atoms with E-state index >= 15 is 0 Å². The van der Waals surface area contributed by atoms with Gasteiger partial charge in [0.15, 0.2) is 0 Å². The summed E-state index contributed by atoms with van der Waals surface area (Å²) in [4.78, 5) is 30.5. The van der Waals surface area contributed by atoms with Gasteiger partial charge in [0.2, 0.25) is 0 Å². The lowest BCUT2D eigenvalue weighted by molar-refractivity contribution is -0.138. The van der Waals surface area contributed by atoms with E-state index in [2.05, 4.69) is 18.7 Å². The van der Waals surface area contributed by atoms with Crippen LogP contribution in [0.4, 0.5) is 0 Å². The van der Waals surface area contributed by atoms with Crippen molar-refractivity contribution in [3.05, 3.63) is 77.0 Å². The van der Waals surface area contributed by atoms with E-state index in [1.165, 1.54) is 4.90 Å². The highest BCUT2D eigenvalue weighted by Gasteiger charge is 2.42. The van der Waals surface area contributed by atoms with Crippen LogP contribution in [-0.4, -0.2) is 34.7 Å². The molecule has 4 nitrogen and oxygen atoms in total. The van der Waals surface area contributed by atoms with Crippen molar-refractivity contribution >= 4 is 17.4 Å². The Morgan fingerprint density at radius 2 is 1.48 bits per heavy atom. The number of carbonyl (C=O) groups is 2. The molecule has 1 saturated heterocycles. The molecule has 0 bridgehead atoms. The van der Waals surface area contributed by atoms with E-state index in [0.29, 0.717) is 29.7 Å². The number of likely N-dealkylation sites (tertiary alicyclic amines) is 1. The molecule has 1 fully saturated rings. The maximum atomic E-state index is 13.5. The minimum Gasteiger partial charge on any atom is -0.366 e. The third kappa shape index (κ3) is 3.84. The van der Waals surface area contributed by atoms with Crippen LogP contribution in [-0.2, 0) is 16.1 Å². The topological polar surface area (TPSA) is 40.6 Å². The summed E-state index contributed by atoms with van der Waals surface area (Å²) < 4.78 is 0. The molecule has 2 atom stereocenters. The number of rotatable bonds is 4. The molecule has 29 heavy (non-hydrogen) atoms. The quantitative estimate of drug-likeness (QED) is 0.735. The van der Waals surface area contributed by atoms with Gasteiger partial charge < -0.3 is 4.90 Å². The minimum absolute atomic E-state index is 0.171. The molecule has 0 radical (unpaired) electrons. The summed E-state index contributed by atoms with van der Waals surface area (Å²) in [7, 11) is 0. The number of carbonyl (C=O) groups excluding carboxylic acids is 2. The molecular weight excluding hydrogens is 360 g/mol. The zero-order valence-electron chi connectivity index (χ0n) is 17.4. The number of nitrogens with zero attached hydrogens (tertiary/aromatic N) is 2. The zero-order valence-corrected chi connectivity index (χ0v) is 17.4. The van der Waals surface area contributed by atoms with Gasteiger partial charge in [-0.1, -0.05) is 74.0 Å². The lowest BCUT2D eigenvalue weighted by atomic mass is 9.91. The number of hydrogen-bond acceptors (Lipinski definition) is 3. The average molecular weight is 389 g/mol. The fraction of sp³-hybridized carbons (Fsp3) is 0.360. The van der Waals surface area contributed by atoms with Crippen molar-refractivity contribution < 1.29 is 9.59 Å². The first kappa shape index (κ1) is 19.4. The first-order valence-corrected chi connectivity index (χ1v) is 10.4. The summed E-state index contributed by atoms with van der Waals surface area (Å²) in [5.41, 5.74) is 4.06. The van der Waals surface area contributed by atoms with Gasteiger partial charge in [0.05, 0.1) is 12.1 Å². The Hall–Kier alpha value is -2.88. The van der Waals surface area contributed by atoms with Crippen LogP contribution in [0.25, 0.3) is 5.57 Å². The molecule has 0 spiro atoms. The molecule has 2 aromatic rings. The predicted octanol–water partition coefficient (Wildman–Crippen LogP) is 4.25. The van der Waals surface area contributed by atoms with E-state index < -0.39 is 0 Å². The molecule has 150 valence electrons. The summed E-state index contributed by atoms with van der Waals surface area (Å²) in [5, 5.41) is 0. The molecule has 0 aromatic heterocycles. The maximum absolute atomic E-state index is 13.5. The molecule has 2 aromatic carbocycles. The number of amides is 2. The van der Waals surface area contributed by atoms with Gasteiger partial charge >= 0.3 is 0 Å². The van der Waals surface area contributed by atoms with Crippen LogP contribution in [0.2, 0.25) is 0 Å². The first-order chi connectivity index (χ1) is 13.9. The molecule has 4 rings (SSSR count). The molecule has 2 heterocycles. The molecule has 2 aliphatic rings. The van der Waals surface area contributed by atoms with Crippen molar-refractivity contribution in [2.45, 2.75) is 33.7 Å². The summed E-state index contributed by atoms with van der Waals surface area (Å²) in [6.07, 6.45) is 1.15. The van der Waals surface area contributed by atoms with Gasteiger partial charge in [0.1, 0.15) is 5.70 Å². The molecule has 2 unspecified atom stereocenters. The number of benzene rings is 2. The summed E-state index contributed by atoms with van der Waals surface area (Å²) >= 11 is 0. The molecule has 2 amide bonds. The van der Waals surface area contributed by atoms with Gasteiger partial charge in [0.25, 0.3) is 11.8 Å². The van der Waals surface area contributed by atoms with E-state index in [1.54, 1.807) is 0 Å². The highest BCUT2D eigenvalue weighted by molar-refractivity contribution is 6.35. The van der Waals surface area contributed by atoms with Gasteiger partial charge in [-0.15, -0.1) is 0 Å². The smallest absolute Gasteiger partial charge is 0.278 e. The van der Waals surface area contributed by atoms with E-state index in [9.17, 15) is 9.59 Å². The zero-order chi connectivity index (χ0) is 20.5. The van der Waals surface area contributed by atoms with Gasteiger partial charge in [-0.25, -0.2) is 0 Å². The van der Waals surface area contributed by atoms with Gasteiger partial charge in [-0.2, -0.15) is 0 Å². The van der Waals surface area contributed by atoms with Crippen molar-refractivity contribution in [3.8, 4) is 0 Å². The Labute approximate surface area is 172 Å². The number of hydrogen-bond donors (Lipinski definition) is 0. The third-order valence-corrected chi connectivity index (χ3v) is 5.85. The summed E-state index contributed by atoms with van der Waals surface area (Å²) in [6.45, 7) is 8.40. The van der Waals surface area contributed by atoms with E-state index in [4.69, 9.17) is 0 Å². The molecule has 0 saturated carbocycles. The van der Waals surface area contributed by atoms with Crippen molar-refractivity contribution in [2.75, 3.05) is 13.1 Å². The molecule has 0 aliphatic carbocycles. The Balaban J connectivity index is 1.73. The second kappa shape index (κ2) is 7.86. The van der Waals surface area contributed by atoms with Crippen LogP contribution in [0.1, 0.15) is 37.0 Å². The maximum Gasteiger partial charge on any atom is 0.278 e. The van der Waals surface area contributed by atoms with Crippen molar-refractivity contribution in [3.63, 3.8) is 0 Å². The van der Waals surface area contributed by atoms with Gasteiger partial charge in [-0.3, -0.25) is 14.5 Å². The second-order valence-corrected chi connectivity index (χ2v) is 8.62. The van der Waals surface area contributed by atoms with E-state index in [1.807, 2.05) is 61.5 Å². The first-order valence-electron chi connectivity index (χ1n) is 10.4. The average Bonchev–Trinajstić information content (AvgIpc) is 2.94. The summed E-state index contributed by atoms with van der Waals surface area (Å²) in [6, 6.07) is 17.6. The van der Waals surface area contributed by atoms with Crippen LogP contribution >= 0.6 is 0 Å². The Morgan fingerprint density at radius 1 is 0.862 bits per heavy atom. The van der Waals surface area contributed by atoms with Crippen molar-refractivity contribution in [1.82, 2.24) is 9.80 Å². The minimum atomic E-state index is -0.192. The van der Waals surface area contributed by atoms with Crippen LogP contribution in [0.3, 0.4) is 0 Å². The van der Waals surface area contributed by atoms with Gasteiger partial charge in [0, 0.05) is 13.1 Å². The van der Waals surface area contributed by atoms with Crippen molar-refractivity contribution in [2.24, 2.45) is 11.8 Å². The van der Waals surface area contributed by atoms with Crippen LogP contribution < -0.4 is 0 Å². The number of imide groups is 1. The fourth-order valence-corrected chi connectivity index (χ4v) is 4.59. The predicted molar refractivity (Wildman–Crippen MR) is 115 cm³/mol. The third-order valence-electron chi connectivity index (χ3n) is 5.85. The summed E-state index contributed by atoms with van der Waals surface area (Å²) in [5.74, 6) is 0.632. The number of piperidine rings is 1. The van der Waals surface area contributed by atoms with E-state index in [0.717, 1.165) is 36.2 Å². The van der Waals surface area contributed by atoms with Crippen LogP contribution in [0.15, 0.2) is 60.3 Å². The van der Waals surface area contributed by atoms with Crippen molar-refractivity contribution in [1.29, 1.82) is 0 Å². The standard InChI is InChI=1S/C25H28N2O2/c1-17-9-11-20(12-10-17)16-27-24(28)22(21-7-5-4-6-8-21)23(25(27)29)26-14-18(2)13-19(3)15-26/h4-12,18-19H,13-16H2,1-3H3. The fourth-order valence-electron chi connectivity index (χ4n) is 4.59. The SMILES string of the molecule is Cc1ccc(CN2C(=O)C(c3ccccc3)=C(N3CC(C)CC(C)C3)C2=O)cc1. The second-order valence-electron chi connectivity index (χ2n) is 8.62. The van der Waals surface area contributed by atoms with Crippen LogP contribution in [0, 0.1) is 18.8 Å². The lowest BCUT2D eigenvalue weighted by Gasteiger charge is -2.37.